The minimum atomic E-state index is -2.12. The zero-order valence-corrected chi connectivity index (χ0v) is 26.8. The van der Waals surface area contributed by atoms with Crippen LogP contribution in [0.3, 0.4) is 0 Å². The molecule has 0 bridgehead atoms. The number of H-pyrrole nitrogens is 1. The van der Waals surface area contributed by atoms with Crippen LogP contribution in [0.15, 0.2) is 59.4 Å². The number of likely N-dealkylation sites (tertiary alicyclic amines) is 1. The maximum atomic E-state index is 12.3. The Kier molecular flexibility index (Phi) is 10.6. The lowest BCUT2D eigenvalue weighted by Crippen LogP contribution is -2.44. The molecule has 2 aromatic carbocycles. The molecule has 1 atom stereocenters. The average Bonchev–Trinajstić information content (AvgIpc) is 2.95. The topological polar surface area (TPSA) is 107 Å². The van der Waals surface area contributed by atoms with Crippen LogP contribution in [-0.2, 0) is 15.8 Å². The zero-order chi connectivity index (χ0) is 30.3. The number of aromatic hydroxyl groups is 1. The number of hydrogen-bond acceptors (Lipinski definition) is 6. The number of rotatable bonds is 12. The van der Waals surface area contributed by atoms with Crippen LogP contribution in [0.5, 0.6) is 5.75 Å². The van der Waals surface area contributed by atoms with Gasteiger partial charge in [0.25, 0.3) is 0 Å². The van der Waals surface area contributed by atoms with E-state index in [4.69, 9.17) is 4.43 Å². The lowest BCUT2D eigenvalue weighted by Gasteiger charge is -2.40. The van der Waals surface area contributed by atoms with Crippen molar-refractivity contribution in [1.82, 2.24) is 20.5 Å². The number of carbonyl (C=O) groups excluding carboxylic acids is 1. The van der Waals surface area contributed by atoms with E-state index in [9.17, 15) is 14.7 Å². The summed E-state index contributed by atoms with van der Waals surface area (Å²) >= 11 is 0. The predicted octanol–water partition coefficient (Wildman–Crippen LogP) is 5.30. The second kappa shape index (κ2) is 14.0. The van der Waals surface area contributed by atoms with Crippen LogP contribution in [-0.4, -0.2) is 61.9 Å². The molecule has 1 aromatic heterocycles. The number of phenolic OH excluding ortho intramolecular Hbond substituents is 1. The minimum absolute atomic E-state index is 0.0392. The van der Waals surface area contributed by atoms with E-state index in [1.807, 2.05) is 36.4 Å². The van der Waals surface area contributed by atoms with Gasteiger partial charge in [-0.05, 0) is 79.8 Å². The molecule has 2 heterocycles. The SMILES string of the molecule is CC(C)(C)[Si](C)(C)O[C@H](CNCC1CCN(CCC(=O)NCc2ccccc2)CC1)c1ccc(O)c2[nH]c(=O)ccc12. The highest BCUT2D eigenvalue weighted by Crippen LogP contribution is 2.41. The van der Waals surface area contributed by atoms with Crippen molar-refractivity contribution < 1.29 is 14.3 Å². The van der Waals surface area contributed by atoms with Gasteiger partial charge in [-0.1, -0.05) is 57.2 Å². The Balaban J connectivity index is 1.30. The quantitative estimate of drug-likeness (QED) is 0.213. The number of fused-ring (bicyclic) bond motifs is 1. The van der Waals surface area contributed by atoms with Gasteiger partial charge in [0.05, 0.1) is 11.6 Å². The normalized spacial score (nSPS) is 16.0. The molecule has 228 valence electrons. The summed E-state index contributed by atoms with van der Waals surface area (Å²) in [6.45, 7) is 16.1. The lowest BCUT2D eigenvalue weighted by molar-refractivity contribution is -0.121. The van der Waals surface area contributed by atoms with Crippen LogP contribution in [0.4, 0.5) is 0 Å². The van der Waals surface area contributed by atoms with Gasteiger partial charge in [-0.25, -0.2) is 0 Å². The molecular formula is C33H48N4O4Si. The summed E-state index contributed by atoms with van der Waals surface area (Å²) in [5, 5.41) is 18.0. The smallest absolute Gasteiger partial charge is 0.248 e. The fourth-order valence-electron chi connectivity index (χ4n) is 5.26. The Bertz CT molecular complexity index is 1380. The number of pyridine rings is 1. The van der Waals surface area contributed by atoms with Crippen molar-refractivity contribution in [3.63, 3.8) is 0 Å². The molecule has 42 heavy (non-hydrogen) atoms. The molecule has 8 nitrogen and oxygen atoms in total. The largest absolute Gasteiger partial charge is 0.506 e. The third kappa shape index (κ3) is 8.53. The van der Waals surface area contributed by atoms with E-state index in [1.54, 1.807) is 12.1 Å². The maximum Gasteiger partial charge on any atom is 0.248 e. The first-order valence-corrected chi connectivity index (χ1v) is 18.1. The van der Waals surface area contributed by atoms with Crippen LogP contribution in [0, 0.1) is 5.92 Å². The monoisotopic (exact) mass is 592 g/mol. The van der Waals surface area contributed by atoms with Gasteiger partial charge >= 0.3 is 0 Å². The van der Waals surface area contributed by atoms with Gasteiger partial charge in [0.2, 0.25) is 11.5 Å². The molecule has 4 rings (SSSR count). The van der Waals surface area contributed by atoms with E-state index < -0.39 is 8.32 Å². The third-order valence-corrected chi connectivity index (χ3v) is 13.4. The van der Waals surface area contributed by atoms with E-state index in [-0.39, 0.29) is 28.4 Å². The van der Waals surface area contributed by atoms with E-state index in [0.29, 0.717) is 30.9 Å². The van der Waals surface area contributed by atoms with E-state index in [2.05, 4.69) is 54.4 Å². The predicted molar refractivity (Wildman–Crippen MR) is 172 cm³/mol. The number of hydrogen-bond donors (Lipinski definition) is 4. The Hall–Kier alpha value is -2.98. The van der Waals surface area contributed by atoms with Crippen molar-refractivity contribution in [1.29, 1.82) is 0 Å². The number of phenols is 1. The Morgan fingerprint density at radius 2 is 1.81 bits per heavy atom. The highest BCUT2D eigenvalue weighted by atomic mass is 28.4. The molecule has 1 aliphatic rings. The molecule has 0 radical (unpaired) electrons. The van der Waals surface area contributed by atoms with Crippen molar-refractivity contribution in [2.45, 2.75) is 70.8 Å². The molecule has 1 saturated heterocycles. The fourth-order valence-corrected chi connectivity index (χ4v) is 6.54. The number of aromatic amines is 1. The van der Waals surface area contributed by atoms with Crippen molar-refractivity contribution >= 4 is 25.1 Å². The Labute approximate surface area is 251 Å². The van der Waals surface area contributed by atoms with Crippen molar-refractivity contribution in [3.05, 3.63) is 76.1 Å². The number of piperidine rings is 1. The van der Waals surface area contributed by atoms with Gasteiger partial charge in [0.1, 0.15) is 5.75 Å². The molecule has 1 amide bonds. The van der Waals surface area contributed by atoms with Gasteiger partial charge in [-0.3, -0.25) is 9.59 Å². The summed E-state index contributed by atoms with van der Waals surface area (Å²) < 4.78 is 6.93. The van der Waals surface area contributed by atoms with Crippen LogP contribution >= 0.6 is 0 Å². The van der Waals surface area contributed by atoms with Crippen LogP contribution < -0.4 is 16.2 Å². The molecule has 0 unspecified atom stereocenters. The summed E-state index contributed by atoms with van der Waals surface area (Å²) in [7, 11) is -2.12. The molecule has 9 heteroatoms. The van der Waals surface area contributed by atoms with Gasteiger partial charge in [-0.15, -0.1) is 0 Å². The molecule has 1 fully saturated rings. The van der Waals surface area contributed by atoms with Crippen molar-refractivity contribution in [3.8, 4) is 5.75 Å². The van der Waals surface area contributed by atoms with E-state index >= 15 is 0 Å². The van der Waals surface area contributed by atoms with Crippen LogP contribution in [0.1, 0.15) is 57.3 Å². The summed E-state index contributed by atoms with van der Waals surface area (Å²) in [5.41, 5.74) is 2.29. The first kappa shape index (κ1) is 31.9. The van der Waals surface area contributed by atoms with Crippen LogP contribution in [0.25, 0.3) is 10.9 Å². The fraction of sp³-hybridized carbons (Fsp3) is 0.515. The molecule has 4 N–H and O–H groups in total. The van der Waals surface area contributed by atoms with Crippen molar-refractivity contribution in [2.24, 2.45) is 5.92 Å². The van der Waals surface area contributed by atoms with Gasteiger partial charge < -0.3 is 30.0 Å². The number of aromatic nitrogens is 1. The van der Waals surface area contributed by atoms with Gasteiger partial charge in [0, 0.05) is 37.5 Å². The molecule has 0 saturated carbocycles. The Morgan fingerprint density at radius 3 is 2.50 bits per heavy atom. The van der Waals surface area contributed by atoms with E-state index in [1.165, 1.54) is 6.07 Å². The first-order chi connectivity index (χ1) is 19.9. The third-order valence-electron chi connectivity index (χ3n) is 8.95. The molecular weight excluding hydrogens is 544 g/mol. The second-order valence-corrected chi connectivity index (χ2v) is 17.9. The van der Waals surface area contributed by atoms with Crippen molar-refractivity contribution in [2.75, 3.05) is 32.7 Å². The van der Waals surface area contributed by atoms with Gasteiger partial charge in [0.15, 0.2) is 8.32 Å². The molecule has 3 aromatic rings. The summed E-state index contributed by atoms with van der Waals surface area (Å²) in [5.74, 6) is 0.724. The first-order valence-electron chi connectivity index (χ1n) is 15.2. The molecule has 1 aliphatic heterocycles. The number of nitrogens with one attached hydrogen (secondary N) is 3. The highest BCUT2D eigenvalue weighted by molar-refractivity contribution is 6.74. The average molecular weight is 593 g/mol. The standard InChI is InChI=1S/C33H48N4O4Si/c1-33(2,3)42(4,5)41-29(26-11-13-28(38)32-27(26)12-14-31(40)36-32)23-34-21-25-15-18-37(19-16-25)20-17-30(39)35-22-24-9-7-6-8-10-24/h6-14,25,29,34,38H,15-23H2,1-5H3,(H,35,39)(H,36,40)/t29-/m1/s1. The summed E-state index contributed by atoms with van der Waals surface area (Å²) in [6.07, 6.45) is 2.49. The lowest BCUT2D eigenvalue weighted by atomic mass is 9.96. The zero-order valence-electron chi connectivity index (χ0n) is 25.8. The number of amides is 1. The molecule has 0 aliphatic carbocycles. The second-order valence-electron chi connectivity index (χ2n) is 13.1. The number of benzene rings is 2. The van der Waals surface area contributed by atoms with E-state index in [0.717, 1.165) is 55.5 Å². The van der Waals surface area contributed by atoms with Gasteiger partial charge in [-0.2, -0.15) is 0 Å². The Morgan fingerprint density at radius 1 is 1.10 bits per heavy atom. The number of carbonyl (C=O) groups is 1. The number of nitrogens with zero attached hydrogens (tertiary/aromatic N) is 1. The summed E-state index contributed by atoms with van der Waals surface area (Å²) in [6, 6.07) is 16.9. The molecule has 0 spiro atoms. The summed E-state index contributed by atoms with van der Waals surface area (Å²) in [4.78, 5) is 29.5. The van der Waals surface area contributed by atoms with Crippen LogP contribution in [0.2, 0.25) is 18.1 Å². The highest BCUT2D eigenvalue weighted by Gasteiger charge is 2.39. The maximum absolute atomic E-state index is 12.3. The minimum Gasteiger partial charge on any atom is -0.506 e.